The summed E-state index contributed by atoms with van der Waals surface area (Å²) in [4.78, 5) is 8.06. The molecule has 2 aromatic heterocycles. The second-order valence-corrected chi connectivity index (χ2v) is 19.2. The summed E-state index contributed by atoms with van der Waals surface area (Å²) < 4.78 is 4.86. The number of nitrogens with zero attached hydrogens (tertiary/aromatic N) is 3. The van der Waals surface area contributed by atoms with E-state index >= 15 is 0 Å². The van der Waals surface area contributed by atoms with Crippen molar-refractivity contribution in [2.45, 2.75) is 41.9 Å². The highest BCUT2D eigenvalue weighted by Crippen LogP contribution is 2.65. The third-order valence-electron chi connectivity index (χ3n) is 15.0. The molecular weight excluding hydrogens is 795 g/mol. The van der Waals surface area contributed by atoms with Gasteiger partial charge in [-0.3, -0.25) is 4.57 Å². The van der Waals surface area contributed by atoms with Gasteiger partial charge in [0.15, 0.2) is 0 Å². The molecule has 4 atom stereocenters. The number of para-hydroxylation sites is 6. The molecule has 10 aromatic rings. The van der Waals surface area contributed by atoms with E-state index in [-0.39, 0.29) is 11.8 Å². The highest BCUT2D eigenvalue weighted by molar-refractivity contribution is 8.03. The van der Waals surface area contributed by atoms with Gasteiger partial charge < -0.3 is 4.57 Å². The molecule has 64 heavy (non-hydrogen) atoms. The van der Waals surface area contributed by atoms with Crippen molar-refractivity contribution in [2.24, 2.45) is 5.92 Å². The molecule has 3 nitrogen and oxygen atoms in total. The van der Waals surface area contributed by atoms with Crippen LogP contribution in [0.25, 0.3) is 55.6 Å². The summed E-state index contributed by atoms with van der Waals surface area (Å²) in [7, 11) is 0. The lowest BCUT2D eigenvalue weighted by Crippen LogP contribution is -2.40. The molecule has 0 amide bonds. The highest BCUT2D eigenvalue weighted by atomic mass is 32.2. The average molecular weight is 838 g/mol. The maximum atomic E-state index is 5.19. The van der Waals surface area contributed by atoms with Crippen LogP contribution in [0, 0.1) is 5.92 Å². The van der Waals surface area contributed by atoms with Crippen LogP contribution in [0.1, 0.15) is 65.0 Å². The van der Waals surface area contributed by atoms with Crippen LogP contribution in [-0.2, 0) is 5.41 Å². The lowest BCUT2D eigenvalue weighted by atomic mass is 9.59. The van der Waals surface area contributed by atoms with Gasteiger partial charge >= 0.3 is 0 Å². The van der Waals surface area contributed by atoms with Crippen molar-refractivity contribution in [3.05, 3.63) is 250 Å². The average Bonchev–Trinajstić information content (AvgIpc) is 3.86. The SMILES string of the molecule is CC1C2=C(C=C3CCC(c4ccc(-c5nc6ccccc6n5-c5ccccc5)cc4)c4ccccc4C31)C1(c3ccccc3S2)c2ccccc2-n2c3ccccc3c3cccc1c32. The van der Waals surface area contributed by atoms with E-state index in [9.17, 15) is 0 Å². The number of benzene rings is 8. The Morgan fingerprint density at radius 3 is 2.14 bits per heavy atom. The quantitative estimate of drug-likeness (QED) is 0.177. The van der Waals surface area contributed by atoms with Crippen molar-refractivity contribution >= 4 is 44.6 Å². The van der Waals surface area contributed by atoms with Crippen LogP contribution in [0.15, 0.2) is 221 Å². The molecule has 0 saturated heterocycles. The number of fused-ring (bicyclic) bond motifs is 14. The number of rotatable bonds is 3. The topological polar surface area (TPSA) is 22.8 Å². The standard InChI is InChI=1S/C60H43N3S/c1-37-56-40(34-35-42(43-18-5-6-20-45(43)56)38-30-32-39(33-31-38)59-61-51-25-10-13-28-54(51)62(59)41-16-3-2-4-17-41)36-50-58(37)64-55-29-14-9-23-48(55)60(50)47-22-8-12-27-53(47)63-52-26-11-7-19-44(52)46-21-15-24-49(60)57(46)63/h2-33,36-37,42,56H,34-35H2,1H3. The van der Waals surface area contributed by atoms with E-state index in [0.717, 1.165) is 41.0 Å². The first-order chi connectivity index (χ1) is 31.7. The van der Waals surface area contributed by atoms with Gasteiger partial charge in [-0.1, -0.05) is 182 Å². The number of aromatic nitrogens is 3. The Kier molecular flexibility index (Phi) is 7.77. The second-order valence-electron chi connectivity index (χ2n) is 18.1. The van der Waals surface area contributed by atoms with Crippen molar-refractivity contribution in [1.82, 2.24) is 14.1 Å². The van der Waals surface area contributed by atoms with E-state index in [2.05, 4.69) is 216 Å². The molecule has 2 aliphatic carbocycles. The molecule has 14 rings (SSSR count). The Morgan fingerprint density at radius 2 is 1.27 bits per heavy atom. The van der Waals surface area contributed by atoms with Gasteiger partial charge in [0.2, 0.25) is 0 Å². The summed E-state index contributed by atoms with van der Waals surface area (Å²) in [6.07, 6.45) is 4.78. The Balaban J connectivity index is 0.929. The molecule has 0 radical (unpaired) electrons. The minimum absolute atomic E-state index is 0.271. The monoisotopic (exact) mass is 837 g/mol. The highest BCUT2D eigenvalue weighted by Gasteiger charge is 2.52. The summed E-state index contributed by atoms with van der Waals surface area (Å²) in [6.45, 7) is 2.53. The van der Waals surface area contributed by atoms with Crippen molar-refractivity contribution in [3.8, 4) is 22.8 Å². The third-order valence-corrected chi connectivity index (χ3v) is 16.4. The van der Waals surface area contributed by atoms with Crippen LogP contribution in [-0.4, -0.2) is 14.1 Å². The molecule has 1 spiro atoms. The first-order valence-corrected chi connectivity index (χ1v) is 23.6. The number of thioether (sulfide) groups is 1. The van der Waals surface area contributed by atoms with Crippen LogP contribution < -0.4 is 0 Å². The Labute approximate surface area is 377 Å². The molecular formula is C60H43N3S. The van der Waals surface area contributed by atoms with E-state index in [1.54, 1.807) is 5.57 Å². The number of hydrogen-bond acceptors (Lipinski definition) is 2. The third kappa shape index (κ3) is 4.87. The molecule has 0 N–H and O–H groups in total. The van der Waals surface area contributed by atoms with E-state index in [1.165, 1.54) is 76.2 Å². The molecule has 0 bridgehead atoms. The zero-order valence-electron chi connectivity index (χ0n) is 35.4. The molecule has 4 unspecified atom stereocenters. The summed E-state index contributed by atoms with van der Waals surface area (Å²) in [5, 5.41) is 2.63. The second kappa shape index (κ2) is 13.7. The van der Waals surface area contributed by atoms with Crippen LogP contribution in [0.2, 0.25) is 0 Å². The minimum Gasteiger partial charge on any atom is -0.309 e. The predicted molar refractivity (Wildman–Crippen MR) is 264 cm³/mol. The molecule has 2 aliphatic heterocycles. The van der Waals surface area contributed by atoms with Crippen molar-refractivity contribution < 1.29 is 0 Å². The Morgan fingerprint density at radius 1 is 0.578 bits per heavy atom. The fourth-order valence-corrected chi connectivity index (χ4v) is 13.8. The molecule has 304 valence electrons. The fraction of sp³-hybridized carbons (Fsp3) is 0.117. The lowest BCUT2D eigenvalue weighted by molar-refractivity contribution is 0.554. The zero-order valence-corrected chi connectivity index (χ0v) is 36.3. The van der Waals surface area contributed by atoms with Gasteiger partial charge in [0.25, 0.3) is 0 Å². The van der Waals surface area contributed by atoms with E-state index in [1.807, 2.05) is 11.8 Å². The molecule has 4 heterocycles. The summed E-state index contributed by atoms with van der Waals surface area (Å²) in [5.41, 5.74) is 19.2. The maximum Gasteiger partial charge on any atom is 0.145 e. The van der Waals surface area contributed by atoms with E-state index < -0.39 is 5.41 Å². The summed E-state index contributed by atoms with van der Waals surface area (Å²) >= 11 is 2.02. The van der Waals surface area contributed by atoms with Gasteiger partial charge in [-0.05, 0) is 105 Å². The molecule has 0 fully saturated rings. The van der Waals surface area contributed by atoms with E-state index in [0.29, 0.717) is 5.92 Å². The van der Waals surface area contributed by atoms with Crippen molar-refractivity contribution in [3.63, 3.8) is 0 Å². The number of hydrogen-bond donors (Lipinski definition) is 0. The van der Waals surface area contributed by atoms with Gasteiger partial charge in [-0.25, -0.2) is 4.98 Å². The van der Waals surface area contributed by atoms with Crippen LogP contribution in [0.4, 0.5) is 0 Å². The number of imidazole rings is 1. The number of allylic oxidation sites excluding steroid dienone is 4. The first-order valence-electron chi connectivity index (χ1n) is 22.8. The lowest BCUT2D eigenvalue weighted by Gasteiger charge is -2.49. The summed E-state index contributed by atoms with van der Waals surface area (Å²) in [5.74, 6) is 1.82. The van der Waals surface area contributed by atoms with Crippen molar-refractivity contribution in [2.75, 3.05) is 0 Å². The molecule has 4 heteroatoms. The molecule has 4 aliphatic rings. The van der Waals surface area contributed by atoms with E-state index in [4.69, 9.17) is 4.98 Å². The van der Waals surface area contributed by atoms with Crippen LogP contribution >= 0.6 is 11.8 Å². The van der Waals surface area contributed by atoms with Gasteiger partial charge in [0.05, 0.1) is 33.2 Å². The zero-order chi connectivity index (χ0) is 42.1. The largest absolute Gasteiger partial charge is 0.309 e. The maximum absolute atomic E-state index is 5.19. The predicted octanol–water partition coefficient (Wildman–Crippen LogP) is 15.1. The van der Waals surface area contributed by atoms with Gasteiger partial charge in [0, 0.05) is 38.8 Å². The molecule has 0 saturated carbocycles. The van der Waals surface area contributed by atoms with Crippen LogP contribution in [0.5, 0.6) is 0 Å². The Hall–Kier alpha value is -7.14. The fourth-order valence-electron chi connectivity index (χ4n) is 12.5. The summed E-state index contributed by atoms with van der Waals surface area (Å²) in [6, 6.07) is 72.5. The Bertz CT molecular complexity index is 3620. The normalized spacial score (nSPS) is 20.6. The minimum atomic E-state index is -0.471. The van der Waals surface area contributed by atoms with Gasteiger partial charge in [-0.2, -0.15) is 0 Å². The van der Waals surface area contributed by atoms with Gasteiger partial charge in [0.1, 0.15) is 5.82 Å². The molecule has 8 aromatic carbocycles. The first kappa shape index (κ1) is 36.4. The van der Waals surface area contributed by atoms with Gasteiger partial charge in [-0.15, -0.1) is 0 Å². The van der Waals surface area contributed by atoms with Crippen molar-refractivity contribution in [1.29, 1.82) is 0 Å². The van der Waals surface area contributed by atoms with Crippen LogP contribution in [0.3, 0.4) is 0 Å². The smallest absolute Gasteiger partial charge is 0.145 e.